The average molecular weight is 277 g/mol. The number of anilines is 1. The fraction of sp³-hybridized carbons (Fsp3) is 0.0588. The van der Waals surface area contributed by atoms with Crippen LogP contribution in [0.1, 0.15) is 5.56 Å². The number of aromatic nitrogens is 2. The van der Waals surface area contributed by atoms with E-state index in [1.807, 2.05) is 24.3 Å². The maximum Gasteiger partial charge on any atom is 0.321 e. The molecule has 1 aromatic heterocycles. The summed E-state index contributed by atoms with van der Waals surface area (Å²) in [6, 6.07) is 15.7. The van der Waals surface area contributed by atoms with Crippen molar-refractivity contribution >= 4 is 5.69 Å². The van der Waals surface area contributed by atoms with Crippen LogP contribution in [0.25, 0.3) is 11.1 Å². The Morgan fingerprint density at radius 1 is 0.905 bits per heavy atom. The van der Waals surface area contributed by atoms with E-state index in [9.17, 15) is 0 Å². The lowest BCUT2D eigenvalue weighted by Crippen LogP contribution is -1.93. The van der Waals surface area contributed by atoms with Crippen molar-refractivity contribution in [1.29, 1.82) is 0 Å². The van der Waals surface area contributed by atoms with Crippen LogP contribution < -0.4 is 10.5 Å². The first kappa shape index (κ1) is 13.1. The molecule has 0 amide bonds. The highest BCUT2D eigenvalue weighted by atomic mass is 16.5. The van der Waals surface area contributed by atoms with Gasteiger partial charge in [-0.1, -0.05) is 35.9 Å². The Morgan fingerprint density at radius 2 is 1.62 bits per heavy atom. The molecule has 0 fully saturated rings. The van der Waals surface area contributed by atoms with Gasteiger partial charge in [-0.3, -0.25) is 0 Å². The smallest absolute Gasteiger partial charge is 0.321 e. The molecule has 0 spiro atoms. The van der Waals surface area contributed by atoms with Crippen LogP contribution in [0.15, 0.2) is 60.9 Å². The standard InChI is InChI=1S/C17H15N3O/c1-12-5-7-13(8-6-12)14-10-19-17(20-11-14)21-16-4-2-3-15(18)9-16/h2-11H,18H2,1H3. The van der Waals surface area contributed by atoms with E-state index in [1.54, 1.807) is 24.5 Å². The zero-order valence-corrected chi connectivity index (χ0v) is 11.7. The Labute approximate surface area is 123 Å². The first-order chi connectivity index (χ1) is 10.2. The third-order valence-corrected chi connectivity index (χ3v) is 3.08. The Kier molecular flexibility index (Phi) is 3.51. The fourth-order valence-electron chi connectivity index (χ4n) is 1.95. The Bertz CT molecular complexity index is 737. The van der Waals surface area contributed by atoms with E-state index in [4.69, 9.17) is 10.5 Å². The number of ether oxygens (including phenoxy) is 1. The molecule has 104 valence electrons. The van der Waals surface area contributed by atoms with Crippen LogP contribution in [-0.2, 0) is 0 Å². The summed E-state index contributed by atoms with van der Waals surface area (Å²) in [5.74, 6) is 0.623. The van der Waals surface area contributed by atoms with Gasteiger partial charge in [0.2, 0.25) is 0 Å². The van der Waals surface area contributed by atoms with Crippen LogP contribution in [-0.4, -0.2) is 9.97 Å². The molecule has 0 saturated heterocycles. The summed E-state index contributed by atoms with van der Waals surface area (Å²) in [6.07, 6.45) is 3.50. The van der Waals surface area contributed by atoms with Crippen molar-refractivity contribution < 1.29 is 4.74 Å². The first-order valence-electron chi connectivity index (χ1n) is 6.63. The van der Waals surface area contributed by atoms with Gasteiger partial charge in [-0.15, -0.1) is 0 Å². The van der Waals surface area contributed by atoms with E-state index in [1.165, 1.54) is 5.56 Å². The molecule has 4 heteroatoms. The second-order valence-corrected chi connectivity index (χ2v) is 4.79. The SMILES string of the molecule is Cc1ccc(-c2cnc(Oc3cccc(N)c3)nc2)cc1. The first-order valence-corrected chi connectivity index (χ1v) is 6.63. The van der Waals surface area contributed by atoms with E-state index in [0.717, 1.165) is 11.1 Å². The van der Waals surface area contributed by atoms with E-state index >= 15 is 0 Å². The van der Waals surface area contributed by atoms with Crippen LogP contribution in [0.4, 0.5) is 5.69 Å². The third-order valence-electron chi connectivity index (χ3n) is 3.08. The highest BCUT2D eigenvalue weighted by Gasteiger charge is 2.03. The molecule has 0 atom stereocenters. The van der Waals surface area contributed by atoms with Gasteiger partial charge in [-0.2, -0.15) is 0 Å². The van der Waals surface area contributed by atoms with Crippen molar-refractivity contribution in [2.75, 3.05) is 5.73 Å². The quantitative estimate of drug-likeness (QED) is 0.739. The van der Waals surface area contributed by atoms with Crippen LogP contribution in [0, 0.1) is 6.92 Å². The largest absolute Gasteiger partial charge is 0.424 e. The molecule has 3 rings (SSSR count). The number of nitrogens with zero attached hydrogens (tertiary/aromatic N) is 2. The van der Waals surface area contributed by atoms with Crippen LogP contribution in [0.2, 0.25) is 0 Å². The molecule has 4 nitrogen and oxygen atoms in total. The number of benzene rings is 2. The van der Waals surface area contributed by atoms with Crippen LogP contribution >= 0.6 is 0 Å². The number of aryl methyl sites for hydroxylation is 1. The number of hydrogen-bond donors (Lipinski definition) is 1. The molecular formula is C17H15N3O. The van der Waals surface area contributed by atoms with Gasteiger partial charge in [-0.05, 0) is 24.6 Å². The summed E-state index contributed by atoms with van der Waals surface area (Å²) in [5.41, 5.74) is 9.60. The summed E-state index contributed by atoms with van der Waals surface area (Å²) in [4.78, 5) is 8.46. The Morgan fingerprint density at radius 3 is 2.29 bits per heavy atom. The van der Waals surface area contributed by atoms with Crippen molar-refractivity contribution in [3.8, 4) is 22.9 Å². The molecular weight excluding hydrogens is 262 g/mol. The van der Waals surface area contributed by atoms with Gasteiger partial charge >= 0.3 is 6.01 Å². The summed E-state index contributed by atoms with van der Waals surface area (Å²) in [7, 11) is 0. The molecule has 0 bridgehead atoms. The van der Waals surface area contributed by atoms with E-state index in [2.05, 4.69) is 29.0 Å². The van der Waals surface area contributed by atoms with E-state index in [0.29, 0.717) is 17.4 Å². The molecule has 0 aliphatic rings. The minimum absolute atomic E-state index is 0.302. The number of rotatable bonds is 3. The predicted octanol–water partition coefficient (Wildman–Crippen LogP) is 3.83. The highest BCUT2D eigenvalue weighted by molar-refractivity contribution is 5.61. The van der Waals surface area contributed by atoms with Crippen molar-refractivity contribution in [3.63, 3.8) is 0 Å². The third kappa shape index (κ3) is 3.17. The fourth-order valence-corrected chi connectivity index (χ4v) is 1.95. The molecule has 2 N–H and O–H groups in total. The molecule has 0 radical (unpaired) electrons. The summed E-state index contributed by atoms with van der Waals surface area (Å²) in [6.45, 7) is 2.06. The summed E-state index contributed by atoms with van der Waals surface area (Å²) in [5, 5.41) is 0. The van der Waals surface area contributed by atoms with Gasteiger partial charge in [0.25, 0.3) is 0 Å². The van der Waals surface area contributed by atoms with Gasteiger partial charge in [0.1, 0.15) is 5.75 Å². The van der Waals surface area contributed by atoms with Crippen molar-refractivity contribution in [3.05, 3.63) is 66.5 Å². The van der Waals surface area contributed by atoms with Crippen molar-refractivity contribution in [2.24, 2.45) is 0 Å². The molecule has 0 unspecified atom stereocenters. The van der Waals surface area contributed by atoms with E-state index < -0.39 is 0 Å². The van der Waals surface area contributed by atoms with E-state index in [-0.39, 0.29) is 0 Å². The van der Waals surface area contributed by atoms with Crippen LogP contribution in [0.5, 0.6) is 11.8 Å². The molecule has 0 aliphatic carbocycles. The number of nitrogens with two attached hydrogens (primary N) is 1. The molecule has 3 aromatic rings. The minimum Gasteiger partial charge on any atom is -0.424 e. The molecule has 0 aliphatic heterocycles. The molecule has 21 heavy (non-hydrogen) atoms. The van der Waals surface area contributed by atoms with Gasteiger partial charge in [0.05, 0.1) is 0 Å². The van der Waals surface area contributed by atoms with Crippen molar-refractivity contribution in [2.45, 2.75) is 6.92 Å². The normalized spacial score (nSPS) is 10.3. The van der Waals surface area contributed by atoms with Gasteiger partial charge < -0.3 is 10.5 Å². The lowest BCUT2D eigenvalue weighted by Gasteiger charge is -2.05. The lowest BCUT2D eigenvalue weighted by molar-refractivity contribution is 0.442. The van der Waals surface area contributed by atoms with Crippen LogP contribution in [0.3, 0.4) is 0 Å². The zero-order valence-electron chi connectivity index (χ0n) is 11.7. The summed E-state index contributed by atoms with van der Waals surface area (Å²) < 4.78 is 5.57. The maximum atomic E-state index is 5.70. The lowest BCUT2D eigenvalue weighted by atomic mass is 10.1. The van der Waals surface area contributed by atoms with Gasteiger partial charge in [-0.25, -0.2) is 9.97 Å². The van der Waals surface area contributed by atoms with Gasteiger partial charge in [0.15, 0.2) is 0 Å². The average Bonchev–Trinajstić information content (AvgIpc) is 2.49. The maximum absolute atomic E-state index is 5.70. The number of nitrogen functional groups attached to an aromatic ring is 1. The molecule has 2 aromatic carbocycles. The topological polar surface area (TPSA) is 61.0 Å². The Hall–Kier alpha value is -2.88. The number of hydrogen-bond acceptors (Lipinski definition) is 4. The summed E-state index contributed by atoms with van der Waals surface area (Å²) >= 11 is 0. The second kappa shape index (κ2) is 5.63. The van der Waals surface area contributed by atoms with Crippen molar-refractivity contribution in [1.82, 2.24) is 9.97 Å². The second-order valence-electron chi connectivity index (χ2n) is 4.79. The molecule has 1 heterocycles. The molecule has 0 saturated carbocycles. The zero-order chi connectivity index (χ0) is 14.7. The highest BCUT2D eigenvalue weighted by Crippen LogP contribution is 2.22. The minimum atomic E-state index is 0.302. The predicted molar refractivity (Wildman–Crippen MR) is 83.1 cm³/mol. The van der Waals surface area contributed by atoms with Gasteiger partial charge in [0, 0.05) is 29.7 Å². The Balaban J connectivity index is 1.79. The monoisotopic (exact) mass is 277 g/mol.